The van der Waals surface area contributed by atoms with E-state index in [9.17, 15) is 0 Å². The first-order chi connectivity index (χ1) is 10.4. The van der Waals surface area contributed by atoms with Crippen molar-refractivity contribution in [3.8, 4) is 0 Å². The van der Waals surface area contributed by atoms with Crippen LogP contribution in [0.15, 0.2) is 95.7 Å². The maximum absolute atomic E-state index is 4.94. The number of benzene rings is 3. The summed E-state index contributed by atoms with van der Waals surface area (Å²) in [5.41, 5.74) is 0. The van der Waals surface area contributed by atoms with Gasteiger partial charge in [-0.15, -0.1) is 0 Å². The molecule has 0 N–H and O–H groups in total. The molecule has 0 radical (unpaired) electrons. The molecule has 0 aromatic heterocycles. The van der Waals surface area contributed by atoms with Gasteiger partial charge in [-0.2, -0.15) is 0 Å². The largest absolute Gasteiger partial charge is 0.293 e. The highest BCUT2D eigenvalue weighted by molar-refractivity contribution is 7.87. The second-order valence-corrected chi connectivity index (χ2v) is 8.06. The van der Waals surface area contributed by atoms with Gasteiger partial charge in [-0.05, 0) is 0 Å². The van der Waals surface area contributed by atoms with E-state index < -0.39 is 7.05 Å². The second kappa shape index (κ2) is 6.11. The lowest BCUT2D eigenvalue weighted by Crippen LogP contribution is -2.25. The molecule has 21 heavy (non-hydrogen) atoms. The maximum Gasteiger partial charge on any atom is 0.0543 e. The molecule has 2 heteroatoms. The fraction of sp³-hybridized carbons (Fsp3) is 0.0526. The van der Waals surface area contributed by atoms with Crippen molar-refractivity contribution < 1.29 is 0 Å². The number of rotatable bonds is 3. The van der Waals surface area contributed by atoms with Crippen molar-refractivity contribution in [1.82, 2.24) is 0 Å². The van der Waals surface area contributed by atoms with Gasteiger partial charge in [-0.1, -0.05) is 91.0 Å². The van der Waals surface area contributed by atoms with Gasteiger partial charge >= 0.3 is 0 Å². The smallest absolute Gasteiger partial charge is 0.0543 e. The van der Waals surface area contributed by atoms with Crippen LogP contribution in [0, 0.1) is 0 Å². The molecule has 0 amide bonds. The van der Waals surface area contributed by atoms with Crippen molar-refractivity contribution in [3.63, 3.8) is 0 Å². The van der Waals surface area contributed by atoms with E-state index in [-0.39, 0.29) is 0 Å². The summed E-state index contributed by atoms with van der Waals surface area (Å²) in [5, 5.41) is 3.89. The SMILES string of the molecule is CN=P(c1ccccc1)(c1ccccc1)c1ccccc1. The monoisotopic (exact) mass is 291 g/mol. The zero-order chi connectivity index (χ0) is 14.5. The number of nitrogens with zero attached hydrogens (tertiary/aromatic N) is 1. The van der Waals surface area contributed by atoms with Gasteiger partial charge in [0.05, 0.1) is 7.05 Å². The molecule has 3 rings (SSSR count). The minimum Gasteiger partial charge on any atom is -0.293 e. The Morgan fingerprint density at radius 3 is 1.05 bits per heavy atom. The average Bonchev–Trinajstić information content (AvgIpc) is 2.59. The Kier molecular flexibility index (Phi) is 4.03. The first kappa shape index (κ1) is 13.9. The Balaban J connectivity index is 2.35. The first-order valence-corrected chi connectivity index (χ1v) is 8.79. The van der Waals surface area contributed by atoms with Gasteiger partial charge in [0.2, 0.25) is 0 Å². The van der Waals surface area contributed by atoms with E-state index in [1.807, 2.05) is 7.05 Å². The van der Waals surface area contributed by atoms with Gasteiger partial charge in [-0.25, -0.2) is 0 Å². The van der Waals surface area contributed by atoms with Crippen molar-refractivity contribution in [3.05, 3.63) is 91.0 Å². The summed E-state index contributed by atoms with van der Waals surface area (Å²) >= 11 is 0. The Morgan fingerprint density at radius 1 is 0.524 bits per heavy atom. The van der Waals surface area contributed by atoms with E-state index in [0.29, 0.717) is 0 Å². The minimum absolute atomic E-state index is 1.30. The lowest BCUT2D eigenvalue weighted by Gasteiger charge is -2.26. The van der Waals surface area contributed by atoms with Crippen molar-refractivity contribution in [2.75, 3.05) is 7.05 Å². The van der Waals surface area contributed by atoms with E-state index in [4.69, 9.17) is 4.74 Å². The van der Waals surface area contributed by atoms with E-state index in [0.717, 1.165) is 0 Å². The molecule has 1 nitrogen and oxygen atoms in total. The molecule has 0 bridgehead atoms. The fourth-order valence-electron chi connectivity index (χ4n) is 2.72. The molecule has 0 aliphatic carbocycles. The van der Waals surface area contributed by atoms with Crippen LogP contribution >= 0.6 is 7.05 Å². The van der Waals surface area contributed by atoms with Gasteiger partial charge in [0, 0.05) is 23.0 Å². The molecule has 3 aromatic carbocycles. The summed E-state index contributed by atoms with van der Waals surface area (Å²) in [6.07, 6.45) is 0. The molecule has 0 heterocycles. The van der Waals surface area contributed by atoms with E-state index in [2.05, 4.69) is 91.0 Å². The molecule has 104 valence electrons. The predicted octanol–water partition coefficient (Wildman–Crippen LogP) is 3.79. The van der Waals surface area contributed by atoms with Crippen LogP contribution in [-0.2, 0) is 0 Å². The molecule has 3 aromatic rings. The Bertz CT molecular complexity index is 646. The third-order valence-corrected chi connectivity index (χ3v) is 7.43. The fourth-order valence-corrected chi connectivity index (χ4v) is 6.12. The van der Waals surface area contributed by atoms with Crippen molar-refractivity contribution in [2.45, 2.75) is 0 Å². The molecule has 0 spiro atoms. The Labute approximate surface area is 126 Å². The summed E-state index contributed by atoms with van der Waals surface area (Å²) in [7, 11) is 0.0361. The van der Waals surface area contributed by atoms with Crippen LogP contribution in [0.4, 0.5) is 0 Å². The van der Waals surface area contributed by atoms with E-state index >= 15 is 0 Å². The highest BCUT2D eigenvalue weighted by atomic mass is 31.2. The number of hydrogen-bond donors (Lipinski definition) is 0. The van der Waals surface area contributed by atoms with Crippen LogP contribution in [0.1, 0.15) is 0 Å². The Hall–Kier alpha value is -2.11. The molecule has 0 fully saturated rings. The minimum atomic E-state index is -1.91. The van der Waals surface area contributed by atoms with Gasteiger partial charge in [0.25, 0.3) is 0 Å². The van der Waals surface area contributed by atoms with Crippen molar-refractivity contribution in [1.29, 1.82) is 0 Å². The molecule has 0 aliphatic rings. The summed E-state index contributed by atoms with van der Waals surface area (Å²) in [6.45, 7) is 0. The first-order valence-electron chi connectivity index (χ1n) is 7.05. The third kappa shape index (κ3) is 2.46. The molecule has 0 saturated heterocycles. The molecular weight excluding hydrogens is 273 g/mol. The predicted molar refractivity (Wildman–Crippen MR) is 93.5 cm³/mol. The average molecular weight is 291 g/mol. The van der Waals surface area contributed by atoms with Crippen LogP contribution in [0.25, 0.3) is 0 Å². The van der Waals surface area contributed by atoms with Crippen LogP contribution < -0.4 is 15.9 Å². The zero-order valence-electron chi connectivity index (χ0n) is 12.1. The van der Waals surface area contributed by atoms with Crippen LogP contribution in [-0.4, -0.2) is 7.05 Å². The molecule has 0 saturated carbocycles. The molecule has 0 atom stereocenters. The van der Waals surface area contributed by atoms with Gasteiger partial charge in [0.15, 0.2) is 0 Å². The second-order valence-electron chi connectivity index (χ2n) is 4.84. The quantitative estimate of drug-likeness (QED) is 0.651. The normalized spacial score (nSPS) is 11.1. The third-order valence-electron chi connectivity index (χ3n) is 3.69. The highest BCUT2D eigenvalue weighted by Gasteiger charge is 2.25. The van der Waals surface area contributed by atoms with Gasteiger partial charge < -0.3 is 0 Å². The highest BCUT2D eigenvalue weighted by Crippen LogP contribution is 2.45. The summed E-state index contributed by atoms with van der Waals surface area (Å²) in [4.78, 5) is 0. The zero-order valence-corrected chi connectivity index (χ0v) is 12.9. The number of hydrogen-bond acceptors (Lipinski definition) is 1. The molecule has 0 unspecified atom stereocenters. The van der Waals surface area contributed by atoms with Crippen LogP contribution in [0.5, 0.6) is 0 Å². The standard InChI is InChI=1S/C19H18NP/c1-20-21(17-11-5-2-6-12-17,18-13-7-3-8-14-18)19-15-9-4-10-16-19/h2-16H,1H3. The topological polar surface area (TPSA) is 12.4 Å². The Morgan fingerprint density at radius 2 is 0.810 bits per heavy atom. The summed E-state index contributed by atoms with van der Waals surface area (Å²) < 4.78 is 4.94. The van der Waals surface area contributed by atoms with Crippen LogP contribution in [0.2, 0.25) is 0 Å². The van der Waals surface area contributed by atoms with Crippen LogP contribution in [0.3, 0.4) is 0 Å². The van der Waals surface area contributed by atoms with E-state index in [1.165, 1.54) is 15.9 Å². The van der Waals surface area contributed by atoms with Gasteiger partial charge in [-0.3, -0.25) is 4.74 Å². The molecule has 0 aliphatic heterocycles. The maximum atomic E-state index is 4.94. The summed E-state index contributed by atoms with van der Waals surface area (Å²) in [5.74, 6) is 0. The van der Waals surface area contributed by atoms with E-state index in [1.54, 1.807) is 0 Å². The molecular formula is C19H18NP. The lowest BCUT2D eigenvalue weighted by atomic mass is 10.4. The van der Waals surface area contributed by atoms with Gasteiger partial charge in [0.1, 0.15) is 0 Å². The lowest BCUT2D eigenvalue weighted by molar-refractivity contribution is 1.49. The van der Waals surface area contributed by atoms with Crippen molar-refractivity contribution >= 4 is 23.0 Å². The van der Waals surface area contributed by atoms with Crippen molar-refractivity contribution in [2.24, 2.45) is 4.74 Å². The summed E-state index contributed by atoms with van der Waals surface area (Å²) in [6, 6.07) is 31.9.